The Hall–Kier alpha value is -1.61. The first-order valence-corrected chi connectivity index (χ1v) is 6.08. The molecular formula is C14H19N3. The molecule has 0 aliphatic heterocycles. The third-order valence-corrected chi connectivity index (χ3v) is 2.80. The van der Waals surface area contributed by atoms with Crippen LogP contribution < -0.4 is 5.32 Å². The molecule has 1 heterocycles. The topological polar surface area (TPSA) is 29.9 Å². The zero-order valence-electron chi connectivity index (χ0n) is 10.4. The molecule has 0 radical (unpaired) electrons. The Bertz CT molecular complexity index is 448. The van der Waals surface area contributed by atoms with Crippen LogP contribution >= 0.6 is 0 Å². The number of hydrogen-bond donors (Lipinski definition) is 1. The van der Waals surface area contributed by atoms with Crippen LogP contribution in [-0.2, 0) is 6.54 Å². The molecule has 2 rings (SSSR count). The average molecular weight is 229 g/mol. The van der Waals surface area contributed by atoms with E-state index >= 15 is 0 Å². The van der Waals surface area contributed by atoms with Crippen LogP contribution in [-0.4, -0.2) is 16.3 Å². The number of nitrogens with zero attached hydrogens (tertiary/aromatic N) is 2. The third kappa shape index (κ3) is 3.17. The molecule has 1 aromatic heterocycles. The Balaban J connectivity index is 2.13. The van der Waals surface area contributed by atoms with Crippen LogP contribution in [0.25, 0.3) is 0 Å². The maximum absolute atomic E-state index is 4.43. The van der Waals surface area contributed by atoms with Gasteiger partial charge in [0, 0.05) is 6.20 Å². The molecule has 17 heavy (non-hydrogen) atoms. The zero-order valence-corrected chi connectivity index (χ0v) is 10.4. The van der Waals surface area contributed by atoms with Gasteiger partial charge >= 0.3 is 0 Å². The maximum Gasteiger partial charge on any atom is 0.0604 e. The van der Waals surface area contributed by atoms with Crippen LogP contribution in [0.15, 0.2) is 42.6 Å². The van der Waals surface area contributed by atoms with Gasteiger partial charge in [-0.3, -0.25) is 4.68 Å². The highest BCUT2D eigenvalue weighted by molar-refractivity contribution is 5.18. The summed E-state index contributed by atoms with van der Waals surface area (Å²) in [6.45, 7) is 5.97. The Morgan fingerprint density at radius 3 is 2.59 bits per heavy atom. The minimum atomic E-state index is 0.320. The largest absolute Gasteiger partial charge is 0.309 e. The first-order chi connectivity index (χ1) is 8.29. The molecule has 1 N–H and O–H groups in total. The number of rotatable bonds is 5. The summed E-state index contributed by atoms with van der Waals surface area (Å²) in [4.78, 5) is 0. The van der Waals surface area contributed by atoms with Crippen molar-refractivity contribution < 1.29 is 0 Å². The summed E-state index contributed by atoms with van der Waals surface area (Å²) >= 11 is 0. The molecule has 0 spiro atoms. The lowest BCUT2D eigenvalue weighted by Crippen LogP contribution is -2.25. The van der Waals surface area contributed by atoms with Gasteiger partial charge in [-0.05, 0) is 25.1 Å². The lowest BCUT2D eigenvalue weighted by Gasteiger charge is -2.18. The summed E-state index contributed by atoms with van der Waals surface area (Å²) in [6.07, 6.45) is 2.03. The SMILES string of the molecule is CCNC(Cn1ccc(C)n1)c1ccccc1. The van der Waals surface area contributed by atoms with E-state index in [1.807, 2.05) is 29.9 Å². The van der Waals surface area contributed by atoms with Gasteiger partial charge in [-0.25, -0.2) is 0 Å². The van der Waals surface area contributed by atoms with E-state index in [1.54, 1.807) is 0 Å². The highest BCUT2D eigenvalue weighted by Gasteiger charge is 2.10. The summed E-state index contributed by atoms with van der Waals surface area (Å²) in [5.41, 5.74) is 2.37. The van der Waals surface area contributed by atoms with Crippen LogP contribution in [0, 0.1) is 6.92 Å². The molecule has 3 nitrogen and oxygen atoms in total. The number of benzene rings is 1. The van der Waals surface area contributed by atoms with E-state index in [2.05, 4.69) is 41.6 Å². The van der Waals surface area contributed by atoms with E-state index in [4.69, 9.17) is 0 Å². The van der Waals surface area contributed by atoms with Gasteiger partial charge in [0.1, 0.15) is 0 Å². The number of nitrogens with one attached hydrogen (secondary N) is 1. The van der Waals surface area contributed by atoms with Crippen molar-refractivity contribution in [2.75, 3.05) is 6.54 Å². The summed E-state index contributed by atoms with van der Waals surface area (Å²) in [6, 6.07) is 12.9. The highest BCUT2D eigenvalue weighted by Crippen LogP contribution is 2.14. The van der Waals surface area contributed by atoms with Crippen molar-refractivity contribution in [2.45, 2.75) is 26.4 Å². The highest BCUT2D eigenvalue weighted by atomic mass is 15.3. The summed E-state index contributed by atoms with van der Waals surface area (Å²) in [5.74, 6) is 0. The molecule has 1 aromatic carbocycles. The Morgan fingerprint density at radius 1 is 1.24 bits per heavy atom. The predicted molar refractivity (Wildman–Crippen MR) is 69.8 cm³/mol. The Labute approximate surface area is 102 Å². The van der Waals surface area contributed by atoms with Crippen molar-refractivity contribution in [1.82, 2.24) is 15.1 Å². The van der Waals surface area contributed by atoms with E-state index in [1.165, 1.54) is 5.56 Å². The first kappa shape index (κ1) is 11.9. The van der Waals surface area contributed by atoms with Gasteiger partial charge in [-0.1, -0.05) is 37.3 Å². The van der Waals surface area contributed by atoms with Gasteiger partial charge < -0.3 is 5.32 Å². The zero-order chi connectivity index (χ0) is 12.1. The fourth-order valence-electron chi connectivity index (χ4n) is 1.97. The van der Waals surface area contributed by atoms with Crippen LogP contribution in [0.2, 0.25) is 0 Å². The monoisotopic (exact) mass is 229 g/mol. The third-order valence-electron chi connectivity index (χ3n) is 2.80. The van der Waals surface area contributed by atoms with Crippen molar-refractivity contribution in [3.05, 3.63) is 53.9 Å². The second-order valence-corrected chi connectivity index (χ2v) is 4.20. The van der Waals surface area contributed by atoms with Crippen LogP contribution in [0.5, 0.6) is 0 Å². The molecule has 0 aliphatic carbocycles. The molecule has 0 amide bonds. The lowest BCUT2D eigenvalue weighted by atomic mass is 10.1. The van der Waals surface area contributed by atoms with E-state index in [9.17, 15) is 0 Å². The molecule has 2 aromatic rings. The lowest BCUT2D eigenvalue weighted by molar-refractivity contribution is 0.447. The summed E-state index contributed by atoms with van der Waals surface area (Å²) in [7, 11) is 0. The second-order valence-electron chi connectivity index (χ2n) is 4.20. The van der Waals surface area contributed by atoms with Gasteiger partial charge in [0.15, 0.2) is 0 Å². The van der Waals surface area contributed by atoms with Crippen LogP contribution in [0.4, 0.5) is 0 Å². The molecule has 3 heteroatoms. The summed E-state index contributed by atoms with van der Waals surface area (Å²) in [5, 5.41) is 7.93. The van der Waals surface area contributed by atoms with Crippen molar-refractivity contribution in [1.29, 1.82) is 0 Å². The minimum absolute atomic E-state index is 0.320. The second kappa shape index (κ2) is 5.64. The molecule has 0 aliphatic rings. The van der Waals surface area contributed by atoms with Gasteiger partial charge in [-0.15, -0.1) is 0 Å². The number of hydrogen-bond acceptors (Lipinski definition) is 2. The molecule has 1 atom stereocenters. The molecule has 0 bridgehead atoms. The average Bonchev–Trinajstić information content (AvgIpc) is 2.75. The van der Waals surface area contributed by atoms with Gasteiger partial charge in [0.25, 0.3) is 0 Å². The van der Waals surface area contributed by atoms with E-state index in [-0.39, 0.29) is 0 Å². The first-order valence-electron chi connectivity index (χ1n) is 6.08. The molecule has 1 unspecified atom stereocenters. The fraction of sp³-hybridized carbons (Fsp3) is 0.357. The van der Waals surface area contributed by atoms with E-state index < -0.39 is 0 Å². The van der Waals surface area contributed by atoms with Crippen molar-refractivity contribution in [2.24, 2.45) is 0 Å². The number of likely N-dealkylation sites (N-methyl/N-ethyl adjacent to an activating group) is 1. The van der Waals surface area contributed by atoms with Crippen LogP contribution in [0.1, 0.15) is 24.2 Å². The van der Waals surface area contributed by atoms with Crippen molar-refractivity contribution >= 4 is 0 Å². The molecule has 0 saturated carbocycles. The number of aromatic nitrogens is 2. The maximum atomic E-state index is 4.43. The molecule has 90 valence electrons. The molecular weight excluding hydrogens is 210 g/mol. The van der Waals surface area contributed by atoms with Gasteiger partial charge in [0.2, 0.25) is 0 Å². The Kier molecular flexibility index (Phi) is 3.94. The normalized spacial score (nSPS) is 12.6. The smallest absolute Gasteiger partial charge is 0.0604 e. The fourth-order valence-corrected chi connectivity index (χ4v) is 1.97. The molecule has 0 saturated heterocycles. The van der Waals surface area contributed by atoms with Crippen molar-refractivity contribution in [3.63, 3.8) is 0 Å². The van der Waals surface area contributed by atoms with E-state index in [0.717, 1.165) is 18.8 Å². The predicted octanol–water partition coefficient (Wildman–Crippen LogP) is 2.54. The standard InChI is InChI=1S/C14H19N3/c1-3-15-14(13-7-5-4-6-8-13)11-17-10-9-12(2)16-17/h4-10,14-15H,3,11H2,1-2H3. The van der Waals surface area contributed by atoms with Gasteiger partial charge in [0.05, 0.1) is 18.3 Å². The van der Waals surface area contributed by atoms with E-state index in [0.29, 0.717) is 6.04 Å². The Morgan fingerprint density at radius 2 is 2.00 bits per heavy atom. The van der Waals surface area contributed by atoms with Gasteiger partial charge in [-0.2, -0.15) is 5.10 Å². The quantitative estimate of drug-likeness (QED) is 0.854. The molecule has 0 fully saturated rings. The minimum Gasteiger partial charge on any atom is -0.309 e. The summed E-state index contributed by atoms with van der Waals surface area (Å²) < 4.78 is 2.00. The van der Waals surface area contributed by atoms with Crippen LogP contribution in [0.3, 0.4) is 0 Å². The number of aryl methyl sites for hydroxylation is 1. The van der Waals surface area contributed by atoms with Crippen molar-refractivity contribution in [3.8, 4) is 0 Å².